The zero-order chi connectivity index (χ0) is 20.8. The van der Waals surface area contributed by atoms with Crippen LogP contribution in [0.5, 0.6) is 0 Å². The molecule has 0 unspecified atom stereocenters. The van der Waals surface area contributed by atoms with Crippen LogP contribution in [0.4, 0.5) is 0 Å². The minimum atomic E-state index is 0.0261. The Morgan fingerprint density at radius 2 is 1.50 bits per heavy atom. The van der Waals surface area contributed by atoms with Crippen molar-refractivity contribution in [2.45, 2.75) is 19.3 Å². The van der Waals surface area contributed by atoms with Crippen molar-refractivity contribution >= 4 is 23.5 Å². The smallest absolute Gasteiger partial charge is 0.246 e. The fourth-order valence-corrected chi connectivity index (χ4v) is 4.23. The van der Waals surface area contributed by atoms with Crippen LogP contribution in [0.3, 0.4) is 0 Å². The number of benzene rings is 2. The van der Waals surface area contributed by atoms with E-state index in [-0.39, 0.29) is 17.7 Å². The van der Waals surface area contributed by atoms with E-state index in [4.69, 9.17) is 0 Å². The highest BCUT2D eigenvalue weighted by Gasteiger charge is 2.30. The molecule has 4 rings (SSSR count). The molecule has 2 aromatic rings. The molecule has 4 heteroatoms. The topological polar surface area (TPSA) is 40.6 Å². The highest BCUT2D eigenvalue weighted by Crippen LogP contribution is 2.25. The van der Waals surface area contributed by atoms with Gasteiger partial charge in [-0.05, 0) is 42.0 Å². The fourth-order valence-electron chi connectivity index (χ4n) is 4.23. The first-order valence-corrected chi connectivity index (χ1v) is 10.8. The van der Waals surface area contributed by atoms with Crippen molar-refractivity contribution in [3.8, 4) is 0 Å². The second-order valence-electron chi connectivity index (χ2n) is 7.97. The normalized spacial score (nSPS) is 17.8. The van der Waals surface area contributed by atoms with Crippen LogP contribution in [0, 0.1) is 5.92 Å². The fraction of sp³-hybridized carbons (Fsp3) is 0.308. The summed E-state index contributed by atoms with van der Waals surface area (Å²) in [6.45, 7) is 2.75. The molecule has 0 aliphatic carbocycles. The van der Waals surface area contributed by atoms with Crippen LogP contribution >= 0.6 is 0 Å². The van der Waals surface area contributed by atoms with E-state index in [1.807, 2.05) is 52.3 Å². The van der Waals surface area contributed by atoms with Gasteiger partial charge in [-0.25, -0.2) is 0 Å². The molecule has 30 heavy (non-hydrogen) atoms. The van der Waals surface area contributed by atoms with Crippen molar-refractivity contribution in [1.82, 2.24) is 9.80 Å². The molecule has 0 N–H and O–H groups in total. The van der Waals surface area contributed by atoms with Crippen LogP contribution < -0.4 is 0 Å². The van der Waals surface area contributed by atoms with Crippen molar-refractivity contribution in [3.05, 3.63) is 83.9 Å². The number of rotatable bonds is 4. The minimum absolute atomic E-state index is 0.0261. The molecule has 1 fully saturated rings. The summed E-state index contributed by atoms with van der Waals surface area (Å²) in [5, 5.41) is 0. The van der Waals surface area contributed by atoms with E-state index in [1.54, 1.807) is 6.08 Å². The number of hydrogen-bond donors (Lipinski definition) is 0. The quantitative estimate of drug-likeness (QED) is 0.720. The lowest BCUT2D eigenvalue weighted by molar-refractivity contribution is -0.139. The van der Waals surface area contributed by atoms with Gasteiger partial charge in [0.25, 0.3) is 0 Å². The zero-order valence-corrected chi connectivity index (χ0v) is 17.2. The van der Waals surface area contributed by atoms with E-state index < -0.39 is 0 Å². The lowest BCUT2D eigenvalue weighted by atomic mass is 9.93. The zero-order valence-electron chi connectivity index (χ0n) is 17.2. The van der Waals surface area contributed by atoms with Gasteiger partial charge in [-0.1, -0.05) is 66.7 Å². The third-order valence-electron chi connectivity index (χ3n) is 6.04. The number of amides is 2. The van der Waals surface area contributed by atoms with E-state index in [0.29, 0.717) is 19.6 Å². The van der Waals surface area contributed by atoms with E-state index >= 15 is 0 Å². The Kier molecular flexibility index (Phi) is 6.43. The van der Waals surface area contributed by atoms with E-state index in [1.165, 1.54) is 11.1 Å². The van der Waals surface area contributed by atoms with Gasteiger partial charge in [0.2, 0.25) is 11.8 Å². The van der Waals surface area contributed by atoms with Crippen molar-refractivity contribution in [2.24, 2.45) is 5.92 Å². The Morgan fingerprint density at radius 3 is 2.13 bits per heavy atom. The van der Waals surface area contributed by atoms with Gasteiger partial charge in [0.15, 0.2) is 0 Å². The molecular formula is C26H28N2O2. The average Bonchev–Trinajstić information content (AvgIpc) is 2.83. The van der Waals surface area contributed by atoms with Gasteiger partial charge >= 0.3 is 0 Å². The van der Waals surface area contributed by atoms with Gasteiger partial charge < -0.3 is 9.80 Å². The summed E-state index contributed by atoms with van der Waals surface area (Å²) in [4.78, 5) is 29.2. The molecule has 2 heterocycles. The van der Waals surface area contributed by atoms with E-state index in [2.05, 4.69) is 30.3 Å². The average molecular weight is 401 g/mol. The summed E-state index contributed by atoms with van der Waals surface area (Å²) in [5.74, 6) is 0.294. The Balaban J connectivity index is 1.27. The number of piperidine rings is 1. The van der Waals surface area contributed by atoms with Crippen LogP contribution in [-0.4, -0.2) is 47.8 Å². The minimum Gasteiger partial charge on any atom is -0.339 e. The number of carbonyl (C=O) groups is 2. The molecule has 0 radical (unpaired) electrons. The Hall–Kier alpha value is -3.14. The van der Waals surface area contributed by atoms with Gasteiger partial charge in [0.05, 0.1) is 0 Å². The van der Waals surface area contributed by atoms with Crippen LogP contribution in [0.25, 0.3) is 11.6 Å². The molecule has 2 aromatic carbocycles. The summed E-state index contributed by atoms with van der Waals surface area (Å²) >= 11 is 0. The third-order valence-corrected chi connectivity index (χ3v) is 6.04. The van der Waals surface area contributed by atoms with E-state index in [0.717, 1.165) is 31.4 Å². The molecule has 154 valence electrons. The van der Waals surface area contributed by atoms with Gasteiger partial charge in [-0.3, -0.25) is 9.59 Å². The molecule has 2 aliphatic heterocycles. The second-order valence-corrected chi connectivity index (χ2v) is 7.97. The van der Waals surface area contributed by atoms with Crippen molar-refractivity contribution in [3.63, 3.8) is 0 Å². The highest BCUT2D eigenvalue weighted by molar-refractivity contribution is 5.92. The number of carbonyl (C=O) groups excluding carboxylic acids is 2. The summed E-state index contributed by atoms with van der Waals surface area (Å²) < 4.78 is 0. The molecule has 0 saturated carbocycles. The molecule has 1 saturated heterocycles. The summed E-state index contributed by atoms with van der Waals surface area (Å²) in [5.41, 5.74) is 3.59. The lowest BCUT2D eigenvalue weighted by Crippen LogP contribution is -2.45. The van der Waals surface area contributed by atoms with Gasteiger partial charge in [-0.2, -0.15) is 0 Å². The van der Waals surface area contributed by atoms with Gasteiger partial charge in [-0.15, -0.1) is 0 Å². The summed E-state index contributed by atoms with van der Waals surface area (Å²) in [7, 11) is 0. The molecular weight excluding hydrogens is 372 g/mol. The Labute approximate surface area is 178 Å². The molecule has 0 spiro atoms. The summed E-state index contributed by atoms with van der Waals surface area (Å²) in [6.07, 6.45) is 8.06. The monoisotopic (exact) mass is 400 g/mol. The molecule has 4 nitrogen and oxygen atoms in total. The third kappa shape index (κ3) is 4.88. The van der Waals surface area contributed by atoms with Crippen LogP contribution in [0.15, 0.2) is 72.8 Å². The predicted octanol–water partition coefficient (Wildman–Crippen LogP) is 4.25. The predicted molar refractivity (Wildman–Crippen MR) is 120 cm³/mol. The van der Waals surface area contributed by atoms with E-state index in [9.17, 15) is 9.59 Å². The number of hydrogen-bond acceptors (Lipinski definition) is 2. The van der Waals surface area contributed by atoms with Crippen molar-refractivity contribution in [1.29, 1.82) is 0 Å². The first-order valence-electron chi connectivity index (χ1n) is 10.8. The maximum atomic E-state index is 13.0. The van der Waals surface area contributed by atoms with Gasteiger partial charge in [0, 0.05) is 38.2 Å². The van der Waals surface area contributed by atoms with Gasteiger partial charge in [0.1, 0.15) is 0 Å². The molecule has 0 aromatic heterocycles. The van der Waals surface area contributed by atoms with Crippen molar-refractivity contribution < 1.29 is 9.59 Å². The summed E-state index contributed by atoms with van der Waals surface area (Å²) in [6, 6.07) is 20.2. The number of likely N-dealkylation sites (tertiary alicyclic amines) is 1. The molecule has 2 amide bonds. The first kappa shape index (κ1) is 20.1. The van der Waals surface area contributed by atoms with Crippen LogP contribution in [0.1, 0.15) is 30.4 Å². The Morgan fingerprint density at radius 1 is 0.833 bits per heavy atom. The van der Waals surface area contributed by atoms with Crippen LogP contribution in [-0.2, 0) is 9.59 Å². The largest absolute Gasteiger partial charge is 0.339 e. The second kappa shape index (κ2) is 9.57. The van der Waals surface area contributed by atoms with Crippen LogP contribution in [0.2, 0.25) is 0 Å². The molecule has 0 bridgehead atoms. The Bertz CT molecular complexity index is 926. The maximum absolute atomic E-state index is 13.0. The maximum Gasteiger partial charge on any atom is 0.246 e. The lowest BCUT2D eigenvalue weighted by Gasteiger charge is -2.35. The SMILES string of the molecule is O=C(/C=C/c1ccccc1)N1CCC(C(=O)N2CC=C(c3ccccc3)CC2)CC1. The molecule has 2 aliphatic rings. The van der Waals surface area contributed by atoms with Crippen molar-refractivity contribution in [2.75, 3.05) is 26.2 Å². The number of nitrogens with zero attached hydrogens (tertiary/aromatic N) is 2. The highest BCUT2D eigenvalue weighted by atomic mass is 16.2. The standard InChI is InChI=1S/C26H28N2O2/c29-25(12-11-21-7-3-1-4-8-21)27-17-15-24(16-18-27)26(30)28-19-13-23(14-20-28)22-9-5-2-6-10-22/h1-13,24H,14-20H2/b12-11+. The first-order chi connectivity index (χ1) is 14.7. The molecule has 0 atom stereocenters.